The first kappa shape index (κ1) is 27.0. The molecule has 0 aliphatic rings. The van der Waals surface area contributed by atoms with Crippen molar-refractivity contribution in [3.63, 3.8) is 0 Å². The van der Waals surface area contributed by atoms with Crippen molar-refractivity contribution >= 4 is 32.7 Å². The molecule has 220 valence electrons. The highest BCUT2D eigenvalue weighted by Gasteiger charge is 2.17. The molecule has 0 atom stereocenters. The van der Waals surface area contributed by atoms with Crippen LogP contribution in [0.25, 0.3) is 88.9 Å². The molecule has 3 nitrogen and oxygen atoms in total. The lowest BCUT2D eigenvalue weighted by atomic mass is 9.91. The maximum absolute atomic E-state index is 6.53. The van der Waals surface area contributed by atoms with Crippen molar-refractivity contribution < 1.29 is 4.42 Å². The lowest BCUT2D eigenvalue weighted by Gasteiger charge is -2.14. The van der Waals surface area contributed by atoms with Crippen molar-refractivity contribution in [1.29, 1.82) is 0 Å². The third-order valence-corrected chi connectivity index (χ3v) is 8.87. The van der Waals surface area contributed by atoms with Crippen LogP contribution in [0.1, 0.15) is 0 Å². The van der Waals surface area contributed by atoms with E-state index >= 15 is 0 Å². The van der Waals surface area contributed by atoms with Crippen LogP contribution in [0.15, 0.2) is 174 Å². The lowest BCUT2D eigenvalue weighted by molar-refractivity contribution is 0.670. The predicted octanol–water partition coefficient (Wildman–Crippen LogP) is 11.9. The number of rotatable bonds is 5. The monoisotopic (exact) mass is 600 g/mol. The van der Waals surface area contributed by atoms with Gasteiger partial charge in [0.05, 0.1) is 11.4 Å². The molecule has 0 saturated carbocycles. The fourth-order valence-electron chi connectivity index (χ4n) is 6.61. The third-order valence-electron chi connectivity index (χ3n) is 8.87. The Morgan fingerprint density at radius 3 is 1.72 bits per heavy atom. The molecule has 2 heterocycles. The van der Waals surface area contributed by atoms with Crippen molar-refractivity contribution in [3.05, 3.63) is 170 Å². The Kier molecular flexibility index (Phi) is 6.46. The summed E-state index contributed by atoms with van der Waals surface area (Å²) in [6, 6.07) is 59.1. The van der Waals surface area contributed by atoms with E-state index < -0.39 is 0 Å². The van der Waals surface area contributed by atoms with Gasteiger partial charge in [-0.05, 0) is 57.8 Å². The Balaban J connectivity index is 1.33. The number of hydrogen-bond donors (Lipinski definition) is 0. The molecule has 3 heteroatoms. The molecule has 47 heavy (non-hydrogen) atoms. The van der Waals surface area contributed by atoms with Crippen molar-refractivity contribution in [2.75, 3.05) is 0 Å². The van der Waals surface area contributed by atoms with Crippen LogP contribution in [0.3, 0.4) is 0 Å². The largest absolute Gasteiger partial charge is 0.455 e. The first-order valence-corrected chi connectivity index (χ1v) is 15.8. The number of furan rings is 1. The van der Waals surface area contributed by atoms with Gasteiger partial charge in [0.1, 0.15) is 11.2 Å². The maximum atomic E-state index is 6.53. The summed E-state index contributed by atoms with van der Waals surface area (Å²) < 4.78 is 6.53. The first-order chi connectivity index (χ1) is 23.3. The number of hydrogen-bond acceptors (Lipinski definition) is 3. The van der Waals surface area contributed by atoms with Gasteiger partial charge < -0.3 is 4.42 Å². The number of benzene rings is 7. The van der Waals surface area contributed by atoms with Gasteiger partial charge in [0.15, 0.2) is 5.82 Å². The summed E-state index contributed by atoms with van der Waals surface area (Å²) in [5, 5.41) is 4.63. The average Bonchev–Trinajstić information content (AvgIpc) is 3.54. The van der Waals surface area contributed by atoms with Crippen LogP contribution in [0.4, 0.5) is 0 Å². The molecular weight excluding hydrogens is 572 g/mol. The number of para-hydroxylation sites is 2. The van der Waals surface area contributed by atoms with E-state index in [0.29, 0.717) is 5.82 Å². The van der Waals surface area contributed by atoms with Gasteiger partial charge in [0, 0.05) is 33.0 Å². The highest BCUT2D eigenvalue weighted by atomic mass is 16.3. The second kappa shape index (κ2) is 11.2. The van der Waals surface area contributed by atoms with Crippen molar-refractivity contribution in [2.24, 2.45) is 0 Å². The lowest BCUT2D eigenvalue weighted by Crippen LogP contribution is -1.96. The second-order valence-corrected chi connectivity index (χ2v) is 11.8. The molecule has 2 aromatic heterocycles. The molecule has 0 N–H and O–H groups in total. The molecule has 9 rings (SSSR count). The normalized spacial score (nSPS) is 11.4. The zero-order chi connectivity index (χ0) is 31.2. The van der Waals surface area contributed by atoms with Crippen LogP contribution < -0.4 is 0 Å². The highest BCUT2D eigenvalue weighted by Crippen LogP contribution is 2.40. The zero-order valence-corrected chi connectivity index (χ0v) is 25.5. The Bertz CT molecular complexity index is 2500. The summed E-state index contributed by atoms with van der Waals surface area (Å²) >= 11 is 0. The van der Waals surface area contributed by atoms with Crippen LogP contribution in [-0.2, 0) is 0 Å². The van der Waals surface area contributed by atoms with Gasteiger partial charge in [0.25, 0.3) is 0 Å². The summed E-state index contributed by atoms with van der Waals surface area (Å²) in [6.07, 6.45) is 0. The van der Waals surface area contributed by atoms with E-state index in [1.165, 1.54) is 16.3 Å². The predicted molar refractivity (Wildman–Crippen MR) is 194 cm³/mol. The minimum Gasteiger partial charge on any atom is -0.455 e. The summed E-state index contributed by atoms with van der Waals surface area (Å²) in [5.41, 5.74) is 10.9. The second-order valence-electron chi connectivity index (χ2n) is 11.8. The molecule has 0 radical (unpaired) electrons. The number of nitrogens with zero attached hydrogens (tertiary/aromatic N) is 2. The Morgan fingerprint density at radius 2 is 0.915 bits per heavy atom. The van der Waals surface area contributed by atoms with E-state index in [-0.39, 0.29) is 0 Å². The van der Waals surface area contributed by atoms with Crippen LogP contribution >= 0.6 is 0 Å². The van der Waals surface area contributed by atoms with Gasteiger partial charge in [-0.3, -0.25) is 0 Å². The quantitative estimate of drug-likeness (QED) is 0.197. The zero-order valence-electron chi connectivity index (χ0n) is 25.5. The van der Waals surface area contributed by atoms with E-state index in [9.17, 15) is 0 Å². The molecule has 0 aliphatic heterocycles. The topological polar surface area (TPSA) is 38.9 Å². The maximum Gasteiger partial charge on any atom is 0.160 e. The molecule has 7 aromatic carbocycles. The fraction of sp³-hybridized carbons (Fsp3) is 0. The molecule has 0 unspecified atom stereocenters. The SMILES string of the molecule is c1ccc(-c2cc(-c3cc(-c4cccc5ccccc45)cc(-c4cccc5c4oc4ccccc45)c3)nc(-c3ccccc3)n2)cc1. The molecule has 9 aromatic rings. The van der Waals surface area contributed by atoms with Gasteiger partial charge in [-0.1, -0.05) is 140 Å². The van der Waals surface area contributed by atoms with E-state index in [0.717, 1.165) is 66.7 Å². The summed E-state index contributed by atoms with van der Waals surface area (Å²) in [4.78, 5) is 10.2. The Hall–Kier alpha value is -6.32. The van der Waals surface area contributed by atoms with Gasteiger partial charge >= 0.3 is 0 Å². The van der Waals surface area contributed by atoms with Crippen molar-refractivity contribution in [3.8, 4) is 56.2 Å². The smallest absolute Gasteiger partial charge is 0.160 e. The van der Waals surface area contributed by atoms with Crippen molar-refractivity contribution in [1.82, 2.24) is 9.97 Å². The van der Waals surface area contributed by atoms with Gasteiger partial charge in [-0.25, -0.2) is 9.97 Å². The molecule has 0 saturated heterocycles. The minimum absolute atomic E-state index is 0.693. The van der Waals surface area contributed by atoms with E-state index in [1.54, 1.807) is 0 Å². The average molecular weight is 601 g/mol. The third kappa shape index (κ3) is 4.86. The summed E-state index contributed by atoms with van der Waals surface area (Å²) in [6.45, 7) is 0. The van der Waals surface area contributed by atoms with E-state index in [4.69, 9.17) is 14.4 Å². The molecule has 0 spiro atoms. The van der Waals surface area contributed by atoms with Crippen LogP contribution in [0, 0.1) is 0 Å². The number of fused-ring (bicyclic) bond motifs is 4. The molecule has 0 amide bonds. The number of aromatic nitrogens is 2. The standard InChI is InChI=1S/C44H28N2O/c1-3-14-30(15-4-1)40-28-41(46-44(45-40)31-16-5-2-6-17-31)34-26-32(36-21-11-18-29-13-7-8-19-35(29)36)25-33(27-34)37-22-12-23-39-38-20-9-10-24-42(38)47-43(37)39/h1-28H. The van der Waals surface area contributed by atoms with Crippen LogP contribution in [-0.4, -0.2) is 9.97 Å². The van der Waals surface area contributed by atoms with Crippen molar-refractivity contribution in [2.45, 2.75) is 0 Å². The van der Waals surface area contributed by atoms with Crippen LogP contribution in [0.5, 0.6) is 0 Å². The molecule has 0 fully saturated rings. The van der Waals surface area contributed by atoms with E-state index in [1.807, 2.05) is 48.5 Å². The first-order valence-electron chi connectivity index (χ1n) is 15.8. The summed E-state index contributed by atoms with van der Waals surface area (Å²) in [5.74, 6) is 0.693. The Labute approximate surface area is 272 Å². The fourth-order valence-corrected chi connectivity index (χ4v) is 6.61. The Morgan fingerprint density at radius 1 is 0.362 bits per heavy atom. The van der Waals surface area contributed by atoms with Gasteiger partial charge in [-0.2, -0.15) is 0 Å². The molecule has 0 bridgehead atoms. The molecule has 0 aliphatic carbocycles. The molecular formula is C44H28N2O. The van der Waals surface area contributed by atoms with Crippen LogP contribution in [0.2, 0.25) is 0 Å². The highest BCUT2D eigenvalue weighted by molar-refractivity contribution is 6.10. The van der Waals surface area contributed by atoms with Gasteiger partial charge in [0.2, 0.25) is 0 Å². The van der Waals surface area contributed by atoms with Gasteiger partial charge in [-0.15, -0.1) is 0 Å². The van der Waals surface area contributed by atoms with E-state index in [2.05, 4.69) is 121 Å². The summed E-state index contributed by atoms with van der Waals surface area (Å²) in [7, 11) is 0. The minimum atomic E-state index is 0.693.